The van der Waals surface area contributed by atoms with E-state index in [1.807, 2.05) is 0 Å². The Bertz CT molecular complexity index is 786. The number of aromatic nitrogens is 1. The lowest BCUT2D eigenvalue weighted by Crippen LogP contribution is -2.18. The number of benzene rings is 1. The topological polar surface area (TPSA) is 53.1 Å². The van der Waals surface area contributed by atoms with Crippen LogP contribution in [-0.4, -0.2) is 10.1 Å². The molecule has 0 radical (unpaired) electrons. The van der Waals surface area contributed by atoms with Crippen LogP contribution >= 0.6 is 0 Å². The molecule has 0 saturated carbocycles. The van der Waals surface area contributed by atoms with Crippen LogP contribution in [0.25, 0.3) is 11.1 Å². The van der Waals surface area contributed by atoms with Crippen molar-refractivity contribution in [1.82, 2.24) is 4.98 Å². The number of pyridine rings is 1. The second-order valence-corrected chi connectivity index (χ2v) is 3.75. The van der Waals surface area contributed by atoms with Crippen LogP contribution in [0.4, 0.5) is 30.7 Å². The van der Waals surface area contributed by atoms with Crippen molar-refractivity contribution in [3.63, 3.8) is 0 Å². The van der Waals surface area contributed by atoms with Gasteiger partial charge in [0.1, 0.15) is 0 Å². The first kappa shape index (κ1) is 14.9. The molecule has 0 amide bonds. The fourth-order valence-corrected chi connectivity index (χ4v) is 1.59. The number of H-pyrrole nitrogens is 1. The van der Waals surface area contributed by atoms with Crippen molar-refractivity contribution >= 4 is 0 Å². The van der Waals surface area contributed by atoms with Gasteiger partial charge < -0.3 is 5.11 Å². The van der Waals surface area contributed by atoms with E-state index in [-0.39, 0.29) is 0 Å². The van der Waals surface area contributed by atoms with E-state index in [9.17, 15) is 35.5 Å². The van der Waals surface area contributed by atoms with E-state index in [0.29, 0.717) is 0 Å². The average Bonchev–Trinajstić information content (AvgIpc) is 2.44. The molecule has 0 atom stereocenters. The minimum absolute atomic E-state index is 1.04. The fourth-order valence-electron chi connectivity index (χ4n) is 1.59. The number of phenolic OH excluding ortho intramolecular Hbond substituents is 1. The van der Waals surface area contributed by atoms with E-state index in [4.69, 9.17) is 5.11 Å². The number of phenols is 1. The zero-order valence-electron chi connectivity index (χ0n) is 9.50. The van der Waals surface area contributed by atoms with Crippen LogP contribution in [0.1, 0.15) is 0 Å². The first-order valence-corrected chi connectivity index (χ1v) is 5.00. The third-order valence-corrected chi connectivity index (χ3v) is 2.54. The lowest BCUT2D eigenvalue weighted by molar-refractivity contribution is 0.357. The summed E-state index contributed by atoms with van der Waals surface area (Å²) < 4.78 is 93.1. The first-order valence-electron chi connectivity index (χ1n) is 5.00. The largest absolute Gasteiger partial charge is 0.503 e. The predicted molar refractivity (Wildman–Crippen MR) is 53.9 cm³/mol. The Balaban J connectivity index is 3.03. The molecule has 0 fully saturated rings. The van der Waals surface area contributed by atoms with Crippen molar-refractivity contribution in [2.24, 2.45) is 0 Å². The Labute approximate surface area is 110 Å². The average molecular weight is 313 g/mol. The fraction of sp³-hybridized carbons (Fsp3) is 0. The van der Waals surface area contributed by atoms with Crippen LogP contribution in [0.5, 0.6) is 5.75 Å². The SMILES string of the molecule is O=c1[nH]c(F)c(F)c(-c2c(F)c(F)c(O)c(F)c2F)c1F. The predicted octanol–water partition coefficient (Wildman–Crippen LogP) is 2.72. The molecule has 0 aliphatic rings. The standard InChI is InChI=1S/C11H2F7NO2/c12-3-1(4(13)8(17)9(20)7(3)16)2-5(14)10(18)19-11(21)6(2)15/h20H,(H,19,21). The van der Waals surface area contributed by atoms with Gasteiger partial charge in [0, 0.05) is 0 Å². The molecule has 0 aliphatic heterocycles. The Kier molecular flexibility index (Phi) is 3.39. The Hall–Kier alpha value is -2.52. The smallest absolute Gasteiger partial charge is 0.286 e. The molecule has 1 aromatic heterocycles. The van der Waals surface area contributed by atoms with E-state index >= 15 is 0 Å². The van der Waals surface area contributed by atoms with Crippen LogP contribution in [0.3, 0.4) is 0 Å². The minimum Gasteiger partial charge on any atom is -0.503 e. The van der Waals surface area contributed by atoms with Gasteiger partial charge >= 0.3 is 0 Å². The third-order valence-electron chi connectivity index (χ3n) is 2.54. The Morgan fingerprint density at radius 1 is 0.667 bits per heavy atom. The highest BCUT2D eigenvalue weighted by atomic mass is 19.2. The van der Waals surface area contributed by atoms with Gasteiger partial charge in [-0.3, -0.25) is 9.78 Å². The van der Waals surface area contributed by atoms with Gasteiger partial charge in [-0.25, -0.2) is 17.6 Å². The molecule has 21 heavy (non-hydrogen) atoms. The van der Waals surface area contributed by atoms with Crippen LogP contribution in [0.2, 0.25) is 0 Å². The minimum atomic E-state index is -2.39. The van der Waals surface area contributed by atoms with Crippen molar-refractivity contribution in [3.8, 4) is 16.9 Å². The summed E-state index contributed by atoms with van der Waals surface area (Å²) in [5, 5.41) is 8.73. The molecule has 0 aliphatic carbocycles. The number of rotatable bonds is 1. The van der Waals surface area contributed by atoms with Crippen molar-refractivity contribution < 1.29 is 35.8 Å². The second-order valence-electron chi connectivity index (χ2n) is 3.75. The number of halogens is 7. The lowest BCUT2D eigenvalue weighted by Gasteiger charge is -2.10. The van der Waals surface area contributed by atoms with Gasteiger partial charge in [0.2, 0.25) is 17.6 Å². The van der Waals surface area contributed by atoms with Crippen LogP contribution < -0.4 is 5.56 Å². The summed E-state index contributed by atoms with van der Waals surface area (Å²) in [5.41, 5.74) is -5.84. The van der Waals surface area contributed by atoms with Gasteiger partial charge in [-0.15, -0.1) is 0 Å². The summed E-state index contributed by atoms with van der Waals surface area (Å²) in [5.74, 6) is -18.1. The molecule has 0 spiro atoms. The zero-order chi connectivity index (χ0) is 16.1. The molecule has 2 N–H and O–H groups in total. The van der Waals surface area contributed by atoms with E-state index in [1.54, 1.807) is 0 Å². The number of aromatic hydroxyl groups is 1. The van der Waals surface area contributed by atoms with Crippen LogP contribution in [0, 0.1) is 40.9 Å². The molecule has 2 rings (SSSR count). The number of hydrogen-bond donors (Lipinski definition) is 2. The van der Waals surface area contributed by atoms with Gasteiger partial charge in [0.05, 0.1) is 11.1 Å². The zero-order valence-corrected chi connectivity index (χ0v) is 9.50. The summed E-state index contributed by atoms with van der Waals surface area (Å²) in [6, 6.07) is 0. The molecule has 0 saturated heterocycles. The van der Waals surface area contributed by atoms with E-state index in [1.165, 1.54) is 0 Å². The van der Waals surface area contributed by atoms with Crippen LogP contribution in [-0.2, 0) is 0 Å². The van der Waals surface area contributed by atoms with Crippen molar-refractivity contribution in [2.75, 3.05) is 0 Å². The number of nitrogens with one attached hydrogen (secondary N) is 1. The molecular weight excluding hydrogens is 311 g/mol. The summed E-state index contributed by atoms with van der Waals surface area (Å²) in [7, 11) is 0. The Morgan fingerprint density at radius 3 is 1.57 bits per heavy atom. The van der Waals surface area contributed by atoms with Gasteiger partial charge in [-0.05, 0) is 0 Å². The number of hydrogen-bond acceptors (Lipinski definition) is 2. The Morgan fingerprint density at radius 2 is 1.10 bits per heavy atom. The molecule has 3 nitrogen and oxygen atoms in total. The summed E-state index contributed by atoms with van der Waals surface area (Å²) in [6.07, 6.45) is 0. The summed E-state index contributed by atoms with van der Waals surface area (Å²) >= 11 is 0. The summed E-state index contributed by atoms with van der Waals surface area (Å²) in [6.45, 7) is 0. The highest BCUT2D eigenvalue weighted by molar-refractivity contribution is 5.67. The molecule has 10 heteroatoms. The highest BCUT2D eigenvalue weighted by Crippen LogP contribution is 2.36. The van der Waals surface area contributed by atoms with Gasteiger partial charge in [0.25, 0.3) is 5.56 Å². The molecule has 0 bridgehead atoms. The van der Waals surface area contributed by atoms with Gasteiger partial charge in [0.15, 0.2) is 29.0 Å². The van der Waals surface area contributed by atoms with E-state index in [2.05, 4.69) is 0 Å². The maximum Gasteiger partial charge on any atom is 0.286 e. The molecule has 112 valence electrons. The summed E-state index contributed by atoms with van der Waals surface area (Å²) in [4.78, 5) is 12.0. The quantitative estimate of drug-likeness (QED) is 0.483. The maximum atomic E-state index is 13.5. The van der Waals surface area contributed by atoms with Gasteiger partial charge in [-0.2, -0.15) is 13.2 Å². The second kappa shape index (κ2) is 4.79. The molecule has 2 aromatic rings. The van der Waals surface area contributed by atoms with Crippen molar-refractivity contribution in [2.45, 2.75) is 0 Å². The molecule has 0 unspecified atom stereocenters. The highest BCUT2D eigenvalue weighted by Gasteiger charge is 2.31. The maximum absolute atomic E-state index is 13.5. The van der Waals surface area contributed by atoms with Crippen molar-refractivity contribution in [3.05, 3.63) is 51.2 Å². The first-order chi connectivity index (χ1) is 9.68. The van der Waals surface area contributed by atoms with Gasteiger partial charge in [-0.1, -0.05) is 0 Å². The number of aromatic amines is 1. The molecule has 1 heterocycles. The normalized spacial score (nSPS) is 11.0. The van der Waals surface area contributed by atoms with Crippen LogP contribution in [0.15, 0.2) is 4.79 Å². The van der Waals surface area contributed by atoms with E-state index in [0.717, 1.165) is 4.98 Å². The van der Waals surface area contributed by atoms with Crippen molar-refractivity contribution in [1.29, 1.82) is 0 Å². The molecular formula is C11H2F7NO2. The van der Waals surface area contributed by atoms with E-state index < -0.39 is 63.3 Å². The third kappa shape index (κ3) is 2.03. The molecule has 1 aromatic carbocycles. The lowest BCUT2D eigenvalue weighted by atomic mass is 10.0. The monoisotopic (exact) mass is 313 g/mol.